The summed E-state index contributed by atoms with van der Waals surface area (Å²) in [4.78, 5) is 0. The van der Waals surface area contributed by atoms with Crippen molar-refractivity contribution in [1.82, 2.24) is 9.78 Å². The molecule has 0 amide bonds. The monoisotopic (exact) mass is 312 g/mol. The van der Waals surface area contributed by atoms with Crippen LogP contribution in [0.3, 0.4) is 0 Å². The van der Waals surface area contributed by atoms with Gasteiger partial charge in [-0.1, -0.05) is 54.1 Å². The molecule has 3 rings (SSSR count). The van der Waals surface area contributed by atoms with Crippen molar-refractivity contribution in [1.29, 1.82) is 0 Å². The third-order valence-electron chi connectivity index (χ3n) is 3.49. The van der Waals surface area contributed by atoms with Crippen LogP contribution in [0, 0.1) is 0 Å². The molecular weight excluding hydrogens is 296 g/mol. The Morgan fingerprint density at radius 3 is 2.27 bits per heavy atom. The highest BCUT2D eigenvalue weighted by atomic mass is 35.5. The van der Waals surface area contributed by atoms with Crippen LogP contribution in [0.5, 0.6) is 0 Å². The fourth-order valence-corrected chi connectivity index (χ4v) is 2.52. The van der Waals surface area contributed by atoms with Crippen molar-refractivity contribution in [2.75, 3.05) is 0 Å². The van der Waals surface area contributed by atoms with Crippen LogP contribution in [0.2, 0.25) is 5.02 Å². The zero-order valence-electron chi connectivity index (χ0n) is 12.5. The minimum atomic E-state index is -1.02. The third-order valence-corrected chi connectivity index (χ3v) is 3.81. The molecule has 0 unspecified atom stereocenters. The summed E-state index contributed by atoms with van der Waals surface area (Å²) in [5, 5.41) is 15.5. The fourth-order valence-electron chi connectivity index (χ4n) is 2.30. The van der Waals surface area contributed by atoms with Gasteiger partial charge in [-0.05, 0) is 32.0 Å². The summed E-state index contributed by atoms with van der Waals surface area (Å²) in [5.74, 6) is 0. The summed E-state index contributed by atoms with van der Waals surface area (Å²) < 4.78 is 1.78. The number of benzene rings is 2. The van der Waals surface area contributed by atoms with Crippen LogP contribution >= 0.6 is 11.6 Å². The first-order valence-corrected chi connectivity index (χ1v) is 7.48. The molecular formula is C18H17ClN2O. The maximum Gasteiger partial charge on any atom is 0.103 e. The van der Waals surface area contributed by atoms with E-state index >= 15 is 0 Å². The Bertz CT molecular complexity index is 788. The predicted molar refractivity (Wildman–Crippen MR) is 89.3 cm³/mol. The molecule has 1 N–H and O–H groups in total. The molecule has 3 aromatic rings. The van der Waals surface area contributed by atoms with E-state index in [1.54, 1.807) is 18.5 Å². The Balaban J connectivity index is 2.25. The highest BCUT2D eigenvalue weighted by Gasteiger charge is 2.23. The largest absolute Gasteiger partial charge is 0.384 e. The van der Waals surface area contributed by atoms with Gasteiger partial charge in [0.05, 0.1) is 22.1 Å². The van der Waals surface area contributed by atoms with Crippen molar-refractivity contribution in [3.63, 3.8) is 0 Å². The molecule has 112 valence electrons. The van der Waals surface area contributed by atoms with Crippen molar-refractivity contribution in [2.24, 2.45) is 0 Å². The Morgan fingerprint density at radius 2 is 1.64 bits per heavy atom. The lowest BCUT2D eigenvalue weighted by atomic mass is 10.0. The van der Waals surface area contributed by atoms with E-state index in [0.717, 1.165) is 16.9 Å². The van der Waals surface area contributed by atoms with Crippen LogP contribution in [0.1, 0.15) is 19.5 Å². The van der Waals surface area contributed by atoms with Crippen molar-refractivity contribution >= 4 is 11.6 Å². The molecule has 2 aromatic carbocycles. The Kier molecular flexibility index (Phi) is 3.77. The van der Waals surface area contributed by atoms with Gasteiger partial charge in [0.1, 0.15) is 5.60 Å². The van der Waals surface area contributed by atoms with Gasteiger partial charge in [-0.15, -0.1) is 0 Å². The van der Waals surface area contributed by atoms with Gasteiger partial charge >= 0.3 is 0 Å². The number of para-hydroxylation sites is 1. The average Bonchev–Trinajstić information content (AvgIpc) is 2.94. The van der Waals surface area contributed by atoms with Gasteiger partial charge in [-0.3, -0.25) is 0 Å². The number of rotatable bonds is 3. The van der Waals surface area contributed by atoms with Crippen LogP contribution < -0.4 is 0 Å². The van der Waals surface area contributed by atoms with Crippen LogP contribution in [0.25, 0.3) is 16.9 Å². The van der Waals surface area contributed by atoms with E-state index < -0.39 is 5.60 Å². The first-order chi connectivity index (χ1) is 10.5. The van der Waals surface area contributed by atoms with Gasteiger partial charge < -0.3 is 5.11 Å². The molecule has 0 aliphatic rings. The number of hydrogen-bond acceptors (Lipinski definition) is 2. The minimum Gasteiger partial charge on any atom is -0.384 e. The van der Waals surface area contributed by atoms with Gasteiger partial charge in [0.2, 0.25) is 0 Å². The molecule has 0 saturated heterocycles. The fraction of sp³-hybridized carbons (Fsp3) is 0.167. The first kappa shape index (κ1) is 14.8. The Labute approximate surface area is 134 Å². The standard InChI is InChI=1S/C18H17ClN2O/c1-18(2,22)17-12-16(13-8-4-3-5-9-13)21(20-17)15-11-7-6-10-14(15)19/h3-12,22H,1-2H3. The smallest absolute Gasteiger partial charge is 0.103 e. The third kappa shape index (κ3) is 2.78. The Morgan fingerprint density at radius 1 is 1.00 bits per heavy atom. The lowest BCUT2D eigenvalue weighted by Crippen LogP contribution is -2.16. The quantitative estimate of drug-likeness (QED) is 0.777. The molecule has 1 aromatic heterocycles. The zero-order valence-corrected chi connectivity index (χ0v) is 13.2. The van der Waals surface area contributed by atoms with Gasteiger partial charge in [0.25, 0.3) is 0 Å². The van der Waals surface area contributed by atoms with E-state index in [-0.39, 0.29) is 0 Å². The summed E-state index contributed by atoms with van der Waals surface area (Å²) in [5.41, 5.74) is 2.29. The first-order valence-electron chi connectivity index (χ1n) is 7.10. The van der Waals surface area contributed by atoms with Crippen molar-refractivity contribution in [3.8, 4) is 16.9 Å². The van der Waals surface area contributed by atoms with E-state index in [2.05, 4.69) is 5.10 Å². The number of hydrogen-bond donors (Lipinski definition) is 1. The Hall–Kier alpha value is -2.10. The number of nitrogens with zero attached hydrogens (tertiary/aromatic N) is 2. The molecule has 0 aliphatic heterocycles. The number of aliphatic hydroxyl groups is 1. The molecule has 0 atom stereocenters. The second-order valence-electron chi connectivity index (χ2n) is 5.70. The molecule has 0 fully saturated rings. The highest BCUT2D eigenvalue weighted by Crippen LogP contribution is 2.30. The molecule has 4 heteroatoms. The number of halogens is 1. The topological polar surface area (TPSA) is 38.0 Å². The van der Waals surface area contributed by atoms with Crippen molar-refractivity contribution in [3.05, 3.63) is 71.4 Å². The second kappa shape index (κ2) is 5.59. The lowest BCUT2D eigenvalue weighted by molar-refractivity contribution is 0.0734. The summed E-state index contributed by atoms with van der Waals surface area (Å²) in [6, 6.07) is 19.4. The van der Waals surface area contributed by atoms with Crippen LogP contribution in [-0.4, -0.2) is 14.9 Å². The van der Waals surface area contributed by atoms with Gasteiger partial charge in [0.15, 0.2) is 0 Å². The molecule has 0 bridgehead atoms. The summed E-state index contributed by atoms with van der Waals surface area (Å²) in [7, 11) is 0. The van der Waals surface area contributed by atoms with Gasteiger partial charge in [0, 0.05) is 5.56 Å². The maximum absolute atomic E-state index is 10.3. The lowest BCUT2D eigenvalue weighted by Gasteiger charge is -2.13. The predicted octanol–water partition coefficient (Wildman–Crippen LogP) is 4.42. The van der Waals surface area contributed by atoms with Crippen LogP contribution in [-0.2, 0) is 5.60 Å². The van der Waals surface area contributed by atoms with Crippen LogP contribution in [0.4, 0.5) is 0 Å². The zero-order chi connectivity index (χ0) is 15.7. The van der Waals surface area contributed by atoms with E-state index in [4.69, 9.17) is 11.6 Å². The molecule has 0 radical (unpaired) electrons. The minimum absolute atomic E-state index is 0.603. The molecule has 3 nitrogen and oxygen atoms in total. The van der Waals surface area contributed by atoms with E-state index in [1.807, 2.05) is 60.7 Å². The SMILES string of the molecule is CC(C)(O)c1cc(-c2ccccc2)n(-c2ccccc2Cl)n1. The van der Waals surface area contributed by atoms with Crippen LogP contribution in [0.15, 0.2) is 60.7 Å². The summed E-state index contributed by atoms with van der Waals surface area (Å²) in [6.45, 7) is 3.45. The average molecular weight is 313 g/mol. The van der Waals surface area contributed by atoms with Crippen molar-refractivity contribution in [2.45, 2.75) is 19.4 Å². The summed E-state index contributed by atoms with van der Waals surface area (Å²) >= 11 is 6.32. The molecule has 1 heterocycles. The van der Waals surface area contributed by atoms with E-state index in [9.17, 15) is 5.11 Å². The maximum atomic E-state index is 10.3. The molecule has 0 saturated carbocycles. The molecule has 22 heavy (non-hydrogen) atoms. The van der Waals surface area contributed by atoms with E-state index in [0.29, 0.717) is 10.7 Å². The van der Waals surface area contributed by atoms with E-state index in [1.165, 1.54) is 0 Å². The van der Waals surface area contributed by atoms with Gasteiger partial charge in [-0.25, -0.2) is 4.68 Å². The second-order valence-corrected chi connectivity index (χ2v) is 6.11. The van der Waals surface area contributed by atoms with Crippen molar-refractivity contribution < 1.29 is 5.11 Å². The van der Waals surface area contributed by atoms with Gasteiger partial charge in [-0.2, -0.15) is 5.10 Å². The molecule has 0 spiro atoms. The molecule has 0 aliphatic carbocycles. The number of aromatic nitrogens is 2. The highest BCUT2D eigenvalue weighted by molar-refractivity contribution is 6.32. The summed E-state index contributed by atoms with van der Waals surface area (Å²) in [6.07, 6.45) is 0. The normalized spacial score (nSPS) is 11.6.